The second kappa shape index (κ2) is 8.85. The number of carbonyl (C=O) groups is 2. The fourth-order valence-corrected chi connectivity index (χ4v) is 3.85. The molecule has 1 atom stereocenters. The van der Waals surface area contributed by atoms with Crippen LogP contribution in [0.1, 0.15) is 37.4 Å². The molecule has 0 saturated carbocycles. The number of benzene rings is 2. The molecule has 0 bridgehead atoms. The number of fused-ring (bicyclic) bond motifs is 1. The van der Waals surface area contributed by atoms with E-state index in [1.165, 1.54) is 0 Å². The van der Waals surface area contributed by atoms with Gasteiger partial charge in [0.2, 0.25) is 0 Å². The summed E-state index contributed by atoms with van der Waals surface area (Å²) in [5.41, 5.74) is 4.73. The van der Waals surface area contributed by atoms with Crippen LogP contribution in [0.2, 0.25) is 0 Å². The van der Waals surface area contributed by atoms with Gasteiger partial charge in [0.1, 0.15) is 0 Å². The van der Waals surface area contributed by atoms with Crippen molar-refractivity contribution < 1.29 is 14.7 Å². The van der Waals surface area contributed by atoms with Gasteiger partial charge in [-0.1, -0.05) is 24.0 Å². The zero-order chi connectivity index (χ0) is 21.8. The van der Waals surface area contributed by atoms with Gasteiger partial charge in [-0.3, -0.25) is 9.78 Å². The van der Waals surface area contributed by atoms with Crippen LogP contribution >= 0.6 is 0 Å². The smallest absolute Gasteiger partial charge is 0.335 e. The van der Waals surface area contributed by atoms with Crippen molar-refractivity contribution in [2.75, 3.05) is 18.5 Å². The van der Waals surface area contributed by atoms with Crippen molar-refractivity contribution in [2.45, 2.75) is 12.8 Å². The zero-order valence-electron chi connectivity index (χ0n) is 17.2. The monoisotopic (exact) mass is 410 g/mol. The molecule has 0 radical (unpaired) electrons. The zero-order valence-corrected chi connectivity index (χ0v) is 17.2. The van der Waals surface area contributed by atoms with Crippen LogP contribution in [-0.4, -0.2) is 35.4 Å². The highest BCUT2D eigenvalue weighted by Gasteiger charge is 2.30. The lowest BCUT2D eigenvalue weighted by Crippen LogP contribution is -2.37. The van der Waals surface area contributed by atoms with E-state index in [0.29, 0.717) is 24.9 Å². The second-order valence-corrected chi connectivity index (χ2v) is 7.71. The molecule has 0 saturated heterocycles. The summed E-state index contributed by atoms with van der Waals surface area (Å²) in [4.78, 5) is 30.4. The van der Waals surface area contributed by atoms with Gasteiger partial charge in [0, 0.05) is 55.1 Å². The largest absolute Gasteiger partial charge is 0.478 e. The topological polar surface area (TPSA) is 70.5 Å². The lowest BCUT2D eigenvalue weighted by Gasteiger charge is -2.32. The molecule has 1 aliphatic heterocycles. The molecule has 1 N–H and O–H groups in total. The lowest BCUT2D eigenvalue weighted by molar-refractivity contribution is 0.0696. The van der Waals surface area contributed by atoms with Gasteiger partial charge in [0.15, 0.2) is 5.78 Å². The predicted molar refractivity (Wildman–Crippen MR) is 119 cm³/mol. The molecule has 31 heavy (non-hydrogen) atoms. The number of nitrogens with zero attached hydrogens (tertiary/aromatic N) is 2. The first-order valence-corrected chi connectivity index (χ1v) is 10.1. The van der Waals surface area contributed by atoms with Crippen molar-refractivity contribution in [2.24, 2.45) is 5.92 Å². The maximum Gasteiger partial charge on any atom is 0.335 e. The first-order valence-electron chi connectivity index (χ1n) is 10.1. The Morgan fingerprint density at radius 1 is 1.10 bits per heavy atom. The normalized spacial score (nSPS) is 15.1. The summed E-state index contributed by atoms with van der Waals surface area (Å²) >= 11 is 0. The van der Waals surface area contributed by atoms with E-state index in [2.05, 4.69) is 21.7 Å². The van der Waals surface area contributed by atoms with Crippen LogP contribution < -0.4 is 4.90 Å². The van der Waals surface area contributed by atoms with E-state index < -0.39 is 5.97 Å². The number of carbonyl (C=O) groups excluding carboxylic acids is 1. The van der Waals surface area contributed by atoms with Gasteiger partial charge < -0.3 is 10.0 Å². The van der Waals surface area contributed by atoms with E-state index in [1.54, 1.807) is 36.7 Å². The molecule has 4 rings (SSSR count). The maximum atomic E-state index is 13.2. The van der Waals surface area contributed by atoms with Crippen LogP contribution in [0.5, 0.6) is 0 Å². The summed E-state index contributed by atoms with van der Waals surface area (Å²) in [7, 11) is 1.99. The molecule has 1 aromatic heterocycles. The Morgan fingerprint density at radius 3 is 2.55 bits per heavy atom. The molecule has 1 aliphatic rings. The van der Waals surface area contributed by atoms with E-state index >= 15 is 0 Å². The third kappa shape index (κ3) is 4.65. The van der Waals surface area contributed by atoms with Crippen LogP contribution in [0.15, 0.2) is 67.0 Å². The van der Waals surface area contributed by atoms with E-state index in [4.69, 9.17) is 5.11 Å². The second-order valence-electron chi connectivity index (χ2n) is 7.71. The predicted octanol–water partition coefficient (Wildman–Crippen LogP) is 3.87. The Morgan fingerprint density at radius 2 is 1.84 bits per heavy atom. The summed E-state index contributed by atoms with van der Waals surface area (Å²) in [6.07, 6.45) is 4.70. The molecule has 1 unspecified atom stereocenters. The Bertz CT molecular complexity index is 1170. The van der Waals surface area contributed by atoms with Crippen molar-refractivity contribution in [3.8, 4) is 11.8 Å². The molecular weight excluding hydrogens is 388 g/mol. The maximum absolute atomic E-state index is 13.2. The summed E-state index contributed by atoms with van der Waals surface area (Å²) < 4.78 is 0. The quantitative estimate of drug-likeness (QED) is 0.662. The number of hydrogen-bond acceptors (Lipinski definition) is 4. The van der Waals surface area contributed by atoms with Crippen molar-refractivity contribution in [1.82, 2.24) is 4.98 Å². The number of rotatable bonds is 4. The summed E-state index contributed by atoms with van der Waals surface area (Å²) in [6, 6.07) is 16.4. The third-order valence-corrected chi connectivity index (χ3v) is 5.50. The van der Waals surface area contributed by atoms with Crippen LogP contribution in [0.3, 0.4) is 0 Å². The Balaban J connectivity index is 1.52. The number of hydrogen-bond donors (Lipinski definition) is 1. The fourth-order valence-electron chi connectivity index (χ4n) is 3.85. The van der Waals surface area contributed by atoms with Crippen molar-refractivity contribution in [3.05, 3.63) is 94.8 Å². The first kappa shape index (κ1) is 20.4. The average molecular weight is 410 g/mol. The highest BCUT2D eigenvalue weighted by atomic mass is 16.4. The van der Waals surface area contributed by atoms with Gasteiger partial charge in [-0.2, -0.15) is 0 Å². The van der Waals surface area contributed by atoms with Crippen LogP contribution in [0.25, 0.3) is 0 Å². The summed E-state index contributed by atoms with van der Waals surface area (Å²) in [6.45, 7) is 0.625. The van der Waals surface area contributed by atoms with Crippen molar-refractivity contribution >= 4 is 17.4 Å². The average Bonchev–Trinajstić information content (AvgIpc) is 2.78. The SMILES string of the molecule is CN1CC(Cc2ccc(C(=O)O)cc2)C(=O)c2cc(C#CCc3ccncc3)ccc21. The van der Waals surface area contributed by atoms with Gasteiger partial charge >= 0.3 is 5.97 Å². The van der Waals surface area contributed by atoms with Gasteiger partial charge in [-0.25, -0.2) is 4.79 Å². The van der Waals surface area contributed by atoms with Gasteiger partial charge in [0.05, 0.1) is 5.56 Å². The third-order valence-electron chi connectivity index (χ3n) is 5.50. The van der Waals surface area contributed by atoms with Crippen LogP contribution in [0.4, 0.5) is 5.69 Å². The Kier molecular flexibility index (Phi) is 5.81. The number of Topliss-reactive ketones (excluding diaryl/α,β-unsaturated/α-hetero) is 1. The number of pyridine rings is 1. The minimum absolute atomic E-state index is 0.105. The molecule has 0 fully saturated rings. The first-order chi connectivity index (χ1) is 15.0. The molecule has 154 valence electrons. The van der Waals surface area contributed by atoms with Gasteiger partial charge in [-0.15, -0.1) is 0 Å². The number of anilines is 1. The number of ketones is 1. The molecule has 5 nitrogen and oxygen atoms in total. The fraction of sp³-hybridized carbons (Fsp3) is 0.192. The molecule has 0 aliphatic carbocycles. The Hall–Kier alpha value is -3.91. The minimum atomic E-state index is -0.952. The molecule has 0 amide bonds. The molecule has 2 heterocycles. The molecule has 0 spiro atoms. The number of carboxylic acid groups (broad SMARTS) is 1. The molecule has 3 aromatic rings. The summed E-state index contributed by atoms with van der Waals surface area (Å²) in [5, 5.41) is 9.06. The highest BCUT2D eigenvalue weighted by molar-refractivity contribution is 6.05. The van der Waals surface area contributed by atoms with Gasteiger partial charge in [-0.05, 0) is 60.0 Å². The van der Waals surface area contributed by atoms with E-state index in [1.807, 2.05) is 37.4 Å². The molecule has 5 heteroatoms. The number of carboxylic acids is 1. The molecule has 2 aromatic carbocycles. The lowest BCUT2D eigenvalue weighted by atomic mass is 9.86. The number of aromatic carboxylic acids is 1. The standard InChI is InChI=1S/C26H22N2O3/c1-28-17-22(15-20-5-8-21(9-6-20)26(30)31)25(29)23-16-19(7-10-24(23)28)4-2-3-18-11-13-27-14-12-18/h5-14,16,22H,3,15,17H2,1H3,(H,30,31). The van der Waals surface area contributed by atoms with E-state index in [0.717, 1.165) is 22.4 Å². The molecular formula is C26H22N2O3. The van der Waals surface area contributed by atoms with Crippen LogP contribution in [-0.2, 0) is 12.8 Å². The van der Waals surface area contributed by atoms with Crippen molar-refractivity contribution in [3.63, 3.8) is 0 Å². The van der Waals surface area contributed by atoms with Crippen molar-refractivity contribution in [1.29, 1.82) is 0 Å². The Labute approximate surface area is 181 Å². The van der Waals surface area contributed by atoms with Gasteiger partial charge in [0.25, 0.3) is 0 Å². The van der Waals surface area contributed by atoms with Crippen LogP contribution in [0, 0.1) is 17.8 Å². The summed E-state index contributed by atoms with van der Waals surface area (Å²) in [5.74, 6) is 5.29. The number of aromatic nitrogens is 1. The van der Waals surface area contributed by atoms with E-state index in [-0.39, 0.29) is 17.3 Å². The van der Waals surface area contributed by atoms with E-state index in [9.17, 15) is 9.59 Å². The highest BCUT2D eigenvalue weighted by Crippen LogP contribution is 2.31. The minimum Gasteiger partial charge on any atom is -0.478 e.